The summed E-state index contributed by atoms with van der Waals surface area (Å²) in [6.07, 6.45) is 7.75. The maximum Gasteiger partial charge on any atom is 0.166 e. The van der Waals surface area contributed by atoms with Crippen molar-refractivity contribution in [1.29, 1.82) is 0 Å². The minimum absolute atomic E-state index is 0.0556. The van der Waals surface area contributed by atoms with E-state index in [1.165, 1.54) is 25.7 Å². The zero-order valence-electron chi connectivity index (χ0n) is 8.31. The largest absolute Gasteiger partial charge is 0.365 e. The number of rotatable bonds is 0. The second-order valence-corrected chi connectivity index (χ2v) is 5.49. The van der Waals surface area contributed by atoms with E-state index in [-0.39, 0.29) is 11.0 Å². The first-order valence-corrected chi connectivity index (χ1v) is 5.50. The van der Waals surface area contributed by atoms with Crippen molar-refractivity contribution in [2.45, 2.75) is 63.3 Å². The lowest BCUT2D eigenvalue weighted by molar-refractivity contribution is -0.251. The minimum Gasteiger partial charge on any atom is -0.365 e. The SMILES string of the molecule is C[C@@]12CCC[C@@]13CCC[C@@](O)(C2)O3. The van der Waals surface area contributed by atoms with Gasteiger partial charge >= 0.3 is 0 Å². The smallest absolute Gasteiger partial charge is 0.166 e. The van der Waals surface area contributed by atoms with Crippen molar-refractivity contribution < 1.29 is 9.84 Å². The number of hydrogen-bond acceptors (Lipinski definition) is 2. The van der Waals surface area contributed by atoms with Gasteiger partial charge in [0.2, 0.25) is 0 Å². The van der Waals surface area contributed by atoms with Gasteiger partial charge in [-0.2, -0.15) is 0 Å². The Morgan fingerprint density at radius 3 is 2.54 bits per heavy atom. The molecule has 0 radical (unpaired) electrons. The molecule has 3 fully saturated rings. The fourth-order valence-electron chi connectivity index (χ4n) is 3.99. The van der Waals surface area contributed by atoms with Crippen LogP contribution in [0.15, 0.2) is 0 Å². The standard InChI is InChI=1S/C11H18O2/c1-9-4-2-5-10(9)6-3-7-11(12,8-9)13-10/h12H,2-8H2,1H3/t9-,10+,11-/m0/s1. The van der Waals surface area contributed by atoms with Crippen LogP contribution in [0.5, 0.6) is 0 Å². The van der Waals surface area contributed by atoms with Gasteiger partial charge in [-0.25, -0.2) is 0 Å². The Morgan fingerprint density at radius 2 is 1.77 bits per heavy atom. The summed E-state index contributed by atoms with van der Waals surface area (Å²) in [7, 11) is 0. The molecule has 2 heterocycles. The predicted octanol–water partition coefficient (Wildman–Crippen LogP) is 2.21. The monoisotopic (exact) mass is 182 g/mol. The second-order valence-electron chi connectivity index (χ2n) is 5.49. The molecule has 2 heteroatoms. The van der Waals surface area contributed by atoms with Crippen LogP contribution in [0.3, 0.4) is 0 Å². The van der Waals surface area contributed by atoms with Gasteiger partial charge < -0.3 is 9.84 Å². The first-order valence-electron chi connectivity index (χ1n) is 5.50. The average Bonchev–Trinajstić information content (AvgIpc) is 2.33. The first kappa shape index (κ1) is 8.25. The Morgan fingerprint density at radius 1 is 1.08 bits per heavy atom. The molecule has 1 aliphatic carbocycles. The van der Waals surface area contributed by atoms with Crippen molar-refractivity contribution in [3.8, 4) is 0 Å². The fraction of sp³-hybridized carbons (Fsp3) is 1.00. The highest BCUT2D eigenvalue weighted by atomic mass is 16.6. The van der Waals surface area contributed by atoms with Gasteiger partial charge in [-0.1, -0.05) is 6.92 Å². The topological polar surface area (TPSA) is 29.5 Å². The normalized spacial score (nSPS) is 59.5. The fourth-order valence-corrected chi connectivity index (χ4v) is 3.99. The summed E-state index contributed by atoms with van der Waals surface area (Å²) >= 11 is 0. The number of hydrogen-bond donors (Lipinski definition) is 1. The molecule has 0 amide bonds. The molecule has 1 N–H and O–H groups in total. The molecule has 1 saturated carbocycles. The first-order chi connectivity index (χ1) is 6.08. The Balaban J connectivity index is 2.04. The molecule has 0 aromatic rings. The van der Waals surface area contributed by atoms with Crippen LogP contribution in [0.4, 0.5) is 0 Å². The van der Waals surface area contributed by atoms with E-state index in [4.69, 9.17) is 4.74 Å². The van der Waals surface area contributed by atoms with E-state index < -0.39 is 5.79 Å². The third-order valence-corrected chi connectivity index (χ3v) is 4.61. The van der Waals surface area contributed by atoms with E-state index in [1.807, 2.05) is 0 Å². The minimum atomic E-state index is -0.757. The van der Waals surface area contributed by atoms with Crippen molar-refractivity contribution in [3.63, 3.8) is 0 Å². The van der Waals surface area contributed by atoms with E-state index in [2.05, 4.69) is 6.92 Å². The van der Waals surface area contributed by atoms with E-state index >= 15 is 0 Å². The van der Waals surface area contributed by atoms with Crippen molar-refractivity contribution in [3.05, 3.63) is 0 Å². The maximum absolute atomic E-state index is 10.2. The van der Waals surface area contributed by atoms with E-state index in [0.717, 1.165) is 19.3 Å². The summed E-state index contributed by atoms with van der Waals surface area (Å²) in [5, 5.41) is 10.2. The zero-order valence-corrected chi connectivity index (χ0v) is 8.31. The Labute approximate surface area is 79.3 Å². The molecule has 0 aromatic carbocycles. The Kier molecular flexibility index (Phi) is 1.34. The Bertz CT molecular complexity index is 248. The summed E-state index contributed by atoms with van der Waals surface area (Å²) < 4.78 is 5.95. The molecule has 2 saturated heterocycles. The molecule has 3 atom stereocenters. The molecule has 1 spiro atoms. The summed E-state index contributed by atoms with van der Waals surface area (Å²) in [5.41, 5.74) is 0.332. The lowest BCUT2D eigenvalue weighted by atomic mass is 9.74. The van der Waals surface area contributed by atoms with Crippen molar-refractivity contribution in [2.24, 2.45) is 5.41 Å². The third kappa shape index (κ3) is 0.861. The van der Waals surface area contributed by atoms with E-state index in [9.17, 15) is 5.11 Å². The van der Waals surface area contributed by atoms with Crippen LogP contribution in [-0.2, 0) is 4.74 Å². The van der Waals surface area contributed by atoms with Crippen LogP contribution in [-0.4, -0.2) is 16.5 Å². The molecular weight excluding hydrogens is 164 g/mol. The highest BCUT2D eigenvalue weighted by Crippen LogP contribution is 2.64. The molecule has 74 valence electrons. The van der Waals surface area contributed by atoms with Crippen molar-refractivity contribution in [1.82, 2.24) is 0 Å². The van der Waals surface area contributed by atoms with Crippen LogP contribution in [0.2, 0.25) is 0 Å². The van der Waals surface area contributed by atoms with Crippen LogP contribution >= 0.6 is 0 Å². The molecule has 0 aromatic heterocycles. The van der Waals surface area contributed by atoms with Crippen molar-refractivity contribution >= 4 is 0 Å². The molecule has 0 unspecified atom stereocenters. The second kappa shape index (κ2) is 2.12. The molecule has 2 bridgehead atoms. The quantitative estimate of drug-likeness (QED) is 0.622. The van der Waals surface area contributed by atoms with Crippen LogP contribution in [0.25, 0.3) is 0 Å². The summed E-state index contributed by atoms with van der Waals surface area (Å²) in [5.74, 6) is -0.757. The molecule has 13 heavy (non-hydrogen) atoms. The number of aliphatic hydroxyl groups is 1. The average molecular weight is 182 g/mol. The number of fused-ring (bicyclic) bond motifs is 1. The highest BCUT2D eigenvalue weighted by Gasteiger charge is 2.65. The molecule has 3 rings (SSSR count). The van der Waals surface area contributed by atoms with Crippen LogP contribution < -0.4 is 0 Å². The lowest BCUT2D eigenvalue weighted by Crippen LogP contribution is -2.42. The van der Waals surface area contributed by atoms with Gasteiger partial charge in [-0.05, 0) is 32.1 Å². The summed E-state index contributed by atoms with van der Waals surface area (Å²) in [6, 6.07) is 0. The van der Waals surface area contributed by atoms with Crippen molar-refractivity contribution in [2.75, 3.05) is 0 Å². The van der Waals surface area contributed by atoms with Crippen LogP contribution in [0, 0.1) is 5.41 Å². The van der Waals surface area contributed by atoms with Gasteiger partial charge in [0.15, 0.2) is 5.79 Å². The predicted molar refractivity (Wildman–Crippen MR) is 49.2 cm³/mol. The van der Waals surface area contributed by atoms with E-state index in [1.54, 1.807) is 0 Å². The van der Waals surface area contributed by atoms with Gasteiger partial charge in [-0.3, -0.25) is 0 Å². The summed E-state index contributed by atoms with van der Waals surface area (Å²) in [4.78, 5) is 0. The van der Waals surface area contributed by atoms with Gasteiger partial charge in [-0.15, -0.1) is 0 Å². The third-order valence-electron chi connectivity index (χ3n) is 4.61. The zero-order chi connectivity index (χ0) is 9.16. The van der Waals surface area contributed by atoms with Gasteiger partial charge in [0.05, 0.1) is 5.60 Å². The summed E-state index contributed by atoms with van der Waals surface area (Å²) in [6.45, 7) is 2.31. The van der Waals surface area contributed by atoms with Crippen LogP contribution in [0.1, 0.15) is 51.9 Å². The van der Waals surface area contributed by atoms with Gasteiger partial charge in [0.25, 0.3) is 0 Å². The number of ether oxygens (including phenoxy) is 1. The Hall–Kier alpha value is -0.0800. The van der Waals surface area contributed by atoms with Gasteiger partial charge in [0.1, 0.15) is 0 Å². The van der Waals surface area contributed by atoms with Gasteiger partial charge in [0, 0.05) is 18.3 Å². The highest BCUT2D eigenvalue weighted by molar-refractivity contribution is 5.12. The molecular formula is C11H18O2. The maximum atomic E-state index is 10.2. The molecule has 3 aliphatic rings. The lowest BCUT2D eigenvalue weighted by Gasteiger charge is -2.39. The van der Waals surface area contributed by atoms with E-state index in [0.29, 0.717) is 0 Å². The molecule has 2 aliphatic heterocycles. The molecule has 2 nitrogen and oxygen atoms in total.